The molecule has 3 aromatic carbocycles. The van der Waals surface area contributed by atoms with Crippen LogP contribution in [-0.2, 0) is 26.2 Å². The van der Waals surface area contributed by atoms with Crippen LogP contribution >= 0.6 is 0 Å². The van der Waals surface area contributed by atoms with E-state index in [2.05, 4.69) is 5.32 Å². The topological polar surface area (TPSA) is 86.8 Å². The van der Waals surface area contributed by atoms with E-state index in [4.69, 9.17) is 0 Å². The van der Waals surface area contributed by atoms with Gasteiger partial charge in [0.1, 0.15) is 12.6 Å². The van der Waals surface area contributed by atoms with Crippen LogP contribution in [0.1, 0.15) is 61.4 Å². The molecule has 41 heavy (non-hydrogen) atoms. The summed E-state index contributed by atoms with van der Waals surface area (Å²) in [4.78, 5) is 29.3. The third-order valence-corrected chi connectivity index (χ3v) is 9.27. The van der Waals surface area contributed by atoms with Crippen molar-refractivity contribution in [1.29, 1.82) is 0 Å². The number of nitrogens with one attached hydrogen (secondary N) is 1. The number of anilines is 1. The molecule has 3 aromatic rings. The normalized spacial score (nSPS) is 12.9. The van der Waals surface area contributed by atoms with E-state index in [0.29, 0.717) is 12.1 Å². The van der Waals surface area contributed by atoms with Crippen LogP contribution in [0.25, 0.3) is 0 Å². The largest absolute Gasteiger partial charge is 0.352 e. The van der Waals surface area contributed by atoms with E-state index in [9.17, 15) is 18.0 Å². The number of hydrogen-bond acceptors (Lipinski definition) is 4. The van der Waals surface area contributed by atoms with Crippen LogP contribution in [0, 0.1) is 27.7 Å². The van der Waals surface area contributed by atoms with Crippen molar-refractivity contribution in [2.45, 2.75) is 84.8 Å². The lowest BCUT2D eigenvalue weighted by atomic mass is 10.1. The van der Waals surface area contributed by atoms with Crippen LogP contribution in [0.4, 0.5) is 5.69 Å². The predicted octanol–water partition coefficient (Wildman–Crippen LogP) is 5.84. The molecule has 0 fully saturated rings. The van der Waals surface area contributed by atoms with Crippen molar-refractivity contribution in [3.05, 3.63) is 94.5 Å². The van der Waals surface area contributed by atoms with Gasteiger partial charge in [0.25, 0.3) is 10.0 Å². The molecular weight excluding hydrogens is 534 g/mol. The fourth-order valence-corrected chi connectivity index (χ4v) is 6.25. The number of hydrogen-bond donors (Lipinski definition) is 1. The van der Waals surface area contributed by atoms with Gasteiger partial charge in [-0.05, 0) is 82.3 Å². The van der Waals surface area contributed by atoms with Crippen LogP contribution in [0.15, 0.2) is 71.6 Å². The van der Waals surface area contributed by atoms with Crippen molar-refractivity contribution in [3.8, 4) is 0 Å². The van der Waals surface area contributed by atoms with Crippen molar-refractivity contribution in [1.82, 2.24) is 10.2 Å². The average Bonchev–Trinajstić information content (AvgIpc) is 2.93. The molecule has 2 atom stereocenters. The van der Waals surface area contributed by atoms with Crippen LogP contribution in [0.2, 0.25) is 0 Å². The fourth-order valence-electron chi connectivity index (χ4n) is 4.77. The minimum Gasteiger partial charge on any atom is -0.352 e. The minimum atomic E-state index is -4.11. The lowest BCUT2D eigenvalue weighted by Crippen LogP contribution is -2.53. The summed E-state index contributed by atoms with van der Waals surface area (Å²) in [6.07, 6.45) is 1.14. The van der Waals surface area contributed by atoms with Gasteiger partial charge in [0, 0.05) is 12.6 Å². The molecule has 2 amide bonds. The number of carbonyl (C=O) groups is 2. The zero-order valence-corrected chi connectivity index (χ0v) is 26.1. The first-order valence-corrected chi connectivity index (χ1v) is 15.6. The van der Waals surface area contributed by atoms with Gasteiger partial charge >= 0.3 is 0 Å². The van der Waals surface area contributed by atoms with Crippen molar-refractivity contribution in [2.24, 2.45) is 0 Å². The minimum absolute atomic E-state index is 0.0550. The van der Waals surface area contributed by atoms with Crippen molar-refractivity contribution >= 4 is 27.5 Å². The zero-order chi connectivity index (χ0) is 30.3. The summed E-state index contributed by atoms with van der Waals surface area (Å²) in [5.74, 6) is -0.696. The van der Waals surface area contributed by atoms with Gasteiger partial charge in [0.2, 0.25) is 11.8 Å². The second-order valence-corrected chi connectivity index (χ2v) is 12.7. The van der Waals surface area contributed by atoms with E-state index < -0.39 is 28.5 Å². The molecule has 0 aliphatic carbocycles. The van der Waals surface area contributed by atoms with E-state index >= 15 is 0 Å². The van der Waals surface area contributed by atoms with Crippen molar-refractivity contribution in [2.75, 3.05) is 10.8 Å². The van der Waals surface area contributed by atoms with Gasteiger partial charge in [-0.1, -0.05) is 73.5 Å². The molecule has 1 N–H and O–H groups in total. The standard InChI is InChI=1S/C33H43N3O4S/c1-8-27(7)34-33(38)30(9-2)35(21-28-13-11-10-12-25(28)5)32(37)22-36(31-19-16-24(4)20-26(31)6)41(39,40)29-17-14-23(3)15-18-29/h10-20,27,30H,8-9,21-22H2,1-7H3,(H,34,38). The maximum Gasteiger partial charge on any atom is 0.264 e. The summed E-state index contributed by atoms with van der Waals surface area (Å²) in [5.41, 5.74) is 4.97. The number of nitrogens with zero attached hydrogens (tertiary/aromatic N) is 2. The maximum atomic E-state index is 14.3. The zero-order valence-electron chi connectivity index (χ0n) is 25.3. The molecular formula is C33H43N3O4S. The Bertz CT molecular complexity index is 1470. The second-order valence-electron chi connectivity index (χ2n) is 10.8. The maximum absolute atomic E-state index is 14.3. The van der Waals surface area contributed by atoms with Gasteiger partial charge in [0.05, 0.1) is 10.6 Å². The summed E-state index contributed by atoms with van der Waals surface area (Å²) < 4.78 is 29.4. The first kappa shape index (κ1) is 31.9. The molecule has 0 aliphatic rings. The second kappa shape index (κ2) is 13.8. The van der Waals surface area contributed by atoms with Gasteiger partial charge in [-0.3, -0.25) is 13.9 Å². The van der Waals surface area contributed by atoms with E-state index in [0.717, 1.165) is 34.2 Å². The molecule has 0 radical (unpaired) electrons. The third-order valence-electron chi connectivity index (χ3n) is 7.50. The first-order valence-electron chi connectivity index (χ1n) is 14.2. The monoisotopic (exact) mass is 577 g/mol. The van der Waals surface area contributed by atoms with Crippen LogP contribution in [-0.4, -0.2) is 43.8 Å². The SMILES string of the molecule is CCC(C)NC(=O)C(CC)N(Cc1ccccc1C)C(=O)CN(c1ccc(C)cc1C)S(=O)(=O)c1ccc(C)cc1. The van der Waals surface area contributed by atoms with Crippen LogP contribution < -0.4 is 9.62 Å². The summed E-state index contributed by atoms with van der Waals surface area (Å²) in [7, 11) is -4.11. The van der Waals surface area contributed by atoms with E-state index in [-0.39, 0.29) is 23.4 Å². The summed E-state index contributed by atoms with van der Waals surface area (Å²) in [6, 6.07) is 19.0. The smallest absolute Gasteiger partial charge is 0.264 e. The molecule has 0 bridgehead atoms. The molecule has 0 heterocycles. The van der Waals surface area contributed by atoms with E-state index in [1.807, 2.05) is 84.9 Å². The Kier molecular flexibility index (Phi) is 10.7. The molecule has 0 aromatic heterocycles. The van der Waals surface area contributed by atoms with E-state index in [1.54, 1.807) is 30.3 Å². The predicted molar refractivity (Wildman–Crippen MR) is 165 cm³/mol. The van der Waals surface area contributed by atoms with Gasteiger partial charge in [-0.25, -0.2) is 8.42 Å². The summed E-state index contributed by atoms with van der Waals surface area (Å²) in [6.45, 7) is 13.1. The van der Waals surface area contributed by atoms with Gasteiger partial charge in [-0.15, -0.1) is 0 Å². The molecule has 7 nitrogen and oxygen atoms in total. The van der Waals surface area contributed by atoms with Gasteiger partial charge in [0.15, 0.2) is 0 Å². The van der Waals surface area contributed by atoms with Gasteiger partial charge < -0.3 is 10.2 Å². The Morgan fingerprint density at radius 1 is 0.829 bits per heavy atom. The summed E-state index contributed by atoms with van der Waals surface area (Å²) >= 11 is 0. The first-order chi connectivity index (χ1) is 19.4. The fraction of sp³-hybridized carbons (Fsp3) is 0.394. The van der Waals surface area contributed by atoms with E-state index in [1.165, 1.54) is 9.21 Å². The molecule has 0 aliphatic heterocycles. The Hall–Kier alpha value is -3.65. The molecule has 8 heteroatoms. The highest BCUT2D eigenvalue weighted by molar-refractivity contribution is 7.92. The highest BCUT2D eigenvalue weighted by Crippen LogP contribution is 2.29. The lowest BCUT2D eigenvalue weighted by molar-refractivity contribution is -0.140. The highest BCUT2D eigenvalue weighted by Gasteiger charge is 2.34. The number of carbonyl (C=O) groups excluding carboxylic acids is 2. The summed E-state index contributed by atoms with van der Waals surface area (Å²) in [5, 5.41) is 3.01. The third kappa shape index (κ3) is 7.76. The number of sulfonamides is 1. The Morgan fingerprint density at radius 2 is 1.46 bits per heavy atom. The molecule has 2 unspecified atom stereocenters. The van der Waals surface area contributed by atoms with Crippen molar-refractivity contribution < 1.29 is 18.0 Å². The average molecular weight is 578 g/mol. The molecule has 220 valence electrons. The molecule has 0 saturated heterocycles. The molecule has 3 rings (SSSR count). The Labute approximate surface area is 245 Å². The number of amides is 2. The highest BCUT2D eigenvalue weighted by atomic mass is 32.2. The quantitative estimate of drug-likeness (QED) is 0.293. The Morgan fingerprint density at radius 3 is 2.05 bits per heavy atom. The molecule has 0 spiro atoms. The number of rotatable bonds is 12. The van der Waals surface area contributed by atoms with Crippen molar-refractivity contribution in [3.63, 3.8) is 0 Å². The number of aryl methyl sites for hydroxylation is 4. The van der Waals surface area contributed by atoms with Crippen LogP contribution in [0.5, 0.6) is 0 Å². The number of benzene rings is 3. The Balaban J connectivity index is 2.10. The van der Waals surface area contributed by atoms with Gasteiger partial charge in [-0.2, -0.15) is 0 Å². The van der Waals surface area contributed by atoms with Crippen LogP contribution in [0.3, 0.4) is 0 Å². The lowest BCUT2D eigenvalue weighted by Gasteiger charge is -2.34. The molecule has 0 saturated carbocycles.